The molecule has 0 radical (unpaired) electrons. The molecule has 1 heterocycles. The summed E-state index contributed by atoms with van der Waals surface area (Å²) in [7, 11) is 0. The highest BCUT2D eigenvalue weighted by atomic mass is 15.2. The summed E-state index contributed by atoms with van der Waals surface area (Å²) in [5, 5.41) is 4.07. The largest absolute Gasteiger partial charge is 0.328 e. The van der Waals surface area contributed by atoms with Crippen molar-refractivity contribution in [3.8, 4) is 0 Å². The lowest BCUT2D eigenvalue weighted by atomic mass is 10.1. The van der Waals surface area contributed by atoms with Gasteiger partial charge in [0.2, 0.25) is 0 Å². The third kappa shape index (κ3) is 2.51. The first-order chi connectivity index (χ1) is 5.72. The second-order valence-electron chi connectivity index (χ2n) is 3.03. The van der Waals surface area contributed by atoms with Gasteiger partial charge in [-0.25, -0.2) is 4.68 Å². The molecule has 1 aromatic heterocycles. The average molecular weight is 165 g/mol. The predicted molar refractivity (Wildman–Crippen MR) is 50.6 cm³/mol. The summed E-state index contributed by atoms with van der Waals surface area (Å²) in [6.07, 6.45) is 7.49. The maximum Gasteiger partial charge on any atom is 0.0525 e. The van der Waals surface area contributed by atoms with Crippen molar-refractivity contribution in [1.29, 1.82) is 0 Å². The van der Waals surface area contributed by atoms with Crippen molar-refractivity contribution in [3.63, 3.8) is 0 Å². The second kappa shape index (κ2) is 4.07. The Labute approximate surface area is 72.9 Å². The lowest BCUT2D eigenvalue weighted by molar-refractivity contribution is 0.666. The van der Waals surface area contributed by atoms with E-state index in [1.54, 1.807) is 10.9 Å². The van der Waals surface area contributed by atoms with Crippen LogP contribution in [0.5, 0.6) is 0 Å². The summed E-state index contributed by atoms with van der Waals surface area (Å²) >= 11 is 0. The van der Waals surface area contributed by atoms with E-state index in [0.29, 0.717) is 0 Å². The fourth-order valence-corrected chi connectivity index (χ4v) is 1.00. The molecule has 3 heteroatoms. The molecule has 2 N–H and O–H groups in total. The van der Waals surface area contributed by atoms with Crippen molar-refractivity contribution in [3.05, 3.63) is 24.5 Å². The zero-order valence-corrected chi connectivity index (χ0v) is 7.40. The minimum Gasteiger partial charge on any atom is -0.328 e. The monoisotopic (exact) mass is 165 g/mol. The third-order valence-corrected chi connectivity index (χ3v) is 1.73. The second-order valence-corrected chi connectivity index (χ2v) is 3.03. The number of nitrogens with zero attached hydrogens (tertiary/aromatic N) is 2. The zero-order chi connectivity index (χ0) is 8.97. The molecular formula is C9H15N3. The molecule has 0 amide bonds. The van der Waals surface area contributed by atoms with Gasteiger partial charge in [0.25, 0.3) is 0 Å². The van der Waals surface area contributed by atoms with Gasteiger partial charge in [0.15, 0.2) is 0 Å². The molecule has 0 saturated heterocycles. The Morgan fingerprint density at radius 1 is 1.83 bits per heavy atom. The number of nitrogens with two attached hydrogens (primary N) is 1. The van der Waals surface area contributed by atoms with Crippen LogP contribution in [0.15, 0.2) is 19.0 Å². The van der Waals surface area contributed by atoms with Crippen LogP contribution in [0, 0.1) is 0 Å². The molecule has 0 aromatic carbocycles. The number of aromatic nitrogens is 2. The minimum absolute atomic E-state index is 0.261. The number of aryl methyl sites for hydroxylation is 1. The first kappa shape index (κ1) is 9.00. The van der Waals surface area contributed by atoms with Crippen LogP contribution in [0.4, 0.5) is 0 Å². The fourth-order valence-electron chi connectivity index (χ4n) is 1.00. The van der Waals surface area contributed by atoms with Gasteiger partial charge >= 0.3 is 0 Å². The number of hydrogen-bond donors (Lipinski definition) is 1. The third-order valence-electron chi connectivity index (χ3n) is 1.73. The molecule has 0 fully saturated rings. The average Bonchev–Trinajstić information content (AvgIpc) is 2.48. The normalized spacial score (nSPS) is 12.8. The van der Waals surface area contributed by atoms with Gasteiger partial charge in [0.05, 0.1) is 6.20 Å². The summed E-state index contributed by atoms with van der Waals surface area (Å²) in [5.74, 6) is 0. The zero-order valence-electron chi connectivity index (χ0n) is 7.40. The SMILES string of the molecule is C=Cn1cc(CC[C@H](C)N)cn1. The van der Waals surface area contributed by atoms with Crippen molar-refractivity contribution >= 4 is 6.20 Å². The first-order valence-electron chi connectivity index (χ1n) is 4.13. The van der Waals surface area contributed by atoms with E-state index in [-0.39, 0.29) is 6.04 Å². The Balaban J connectivity index is 2.47. The molecule has 0 saturated carbocycles. The smallest absolute Gasteiger partial charge is 0.0525 e. The molecule has 1 aromatic rings. The molecular weight excluding hydrogens is 150 g/mol. The van der Waals surface area contributed by atoms with Crippen LogP contribution < -0.4 is 5.73 Å². The Kier molecular flexibility index (Phi) is 3.05. The van der Waals surface area contributed by atoms with Crippen LogP contribution in [0.3, 0.4) is 0 Å². The van der Waals surface area contributed by atoms with Crippen molar-refractivity contribution in [1.82, 2.24) is 9.78 Å². The van der Waals surface area contributed by atoms with E-state index in [9.17, 15) is 0 Å². The summed E-state index contributed by atoms with van der Waals surface area (Å²) in [6.45, 7) is 5.63. The topological polar surface area (TPSA) is 43.8 Å². The van der Waals surface area contributed by atoms with E-state index in [0.717, 1.165) is 12.8 Å². The highest BCUT2D eigenvalue weighted by molar-refractivity contribution is 5.17. The van der Waals surface area contributed by atoms with Crippen LogP contribution in [-0.2, 0) is 6.42 Å². The number of hydrogen-bond acceptors (Lipinski definition) is 2. The maximum absolute atomic E-state index is 5.63. The van der Waals surface area contributed by atoms with Gasteiger partial charge in [-0.2, -0.15) is 5.10 Å². The summed E-state index contributed by atoms with van der Waals surface area (Å²) in [4.78, 5) is 0. The van der Waals surface area contributed by atoms with Gasteiger partial charge in [-0.1, -0.05) is 6.58 Å². The van der Waals surface area contributed by atoms with E-state index in [1.165, 1.54) is 5.56 Å². The molecule has 0 spiro atoms. The Hall–Kier alpha value is -1.09. The van der Waals surface area contributed by atoms with Gasteiger partial charge in [0, 0.05) is 18.4 Å². The summed E-state index contributed by atoms with van der Waals surface area (Å²) in [6, 6.07) is 0.261. The Bertz CT molecular complexity index is 250. The molecule has 1 rings (SSSR count). The fraction of sp³-hybridized carbons (Fsp3) is 0.444. The Morgan fingerprint density at radius 3 is 3.08 bits per heavy atom. The van der Waals surface area contributed by atoms with Gasteiger partial charge in [-0.3, -0.25) is 0 Å². The van der Waals surface area contributed by atoms with Crippen LogP contribution in [0.1, 0.15) is 18.9 Å². The highest BCUT2D eigenvalue weighted by Gasteiger charge is 1.98. The van der Waals surface area contributed by atoms with E-state index in [4.69, 9.17) is 5.73 Å². The summed E-state index contributed by atoms with van der Waals surface area (Å²) < 4.78 is 1.70. The van der Waals surface area contributed by atoms with Gasteiger partial charge < -0.3 is 5.73 Å². The maximum atomic E-state index is 5.63. The van der Waals surface area contributed by atoms with Gasteiger partial charge in [-0.05, 0) is 25.3 Å². The van der Waals surface area contributed by atoms with E-state index < -0.39 is 0 Å². The molecule has 0 aliphatic rings. The molecule has 12 heavy (non-hydrogen) atoms. The quantitative estimate of drug-likeness (QED) is 0.730. The molecule has 0 aliphatic heterocycles. The molecule has 0 bridgehead atoms. The van der Waals surface area contributed by atoms with E-state index in [2.05, 4.69) is 11.7 Å². The van der Waals surface area contributed by atoms with Crippen LogP contribution >= 0.6 is 0 Å². The molecule has 3 nitrogen and oxygen atoms in total. The Morgan fingerprint density at radius 2 is 2.58 bits per heavy atom. The highest BCUT2D eigenvalue weighted by Crippen LogP contribution is 2.02. The predicted octanol–water partition coefficient (Wildman–Crippen LogP) is 1.26. The van der Waals surface area contributed by atoms with Crippen molar-refractivity contribution in [2.75, 3.05) is 0 Å². The van der Waals surface area contributed by atoms with Crippen molar-refractivity contribution < 1.29 is 0 Å². The van der Waals surface area contributed by atoms with Crippen molar-refractivity contribution in [2.24, 2.45) is 5.73 Å². The van der Waals surface area contributed by atoms with Crippen LogP contribution in [-0.4, -0.2) is 15.8 Å². The van der Waals surface area contributed by atoms with Gasteiger partial charge in [0.1, 0.15) is 0 Å². The molecule has 66 valence electrons. The lowest BCUT2D eigenvalue weighted by Crippen LogP contribution is -2.15. The van der Waals surface area contributed by atoms with Crippen molar-refractivity contribution in [2.45, 2.75) is 25.8 Å². The first-order valence-corrected chi connectivity index (χ1v) is 4.13. The van der Waals surface area contributed by atoms with E-state index in [1.807, 2.05) is 19.3 Å². The van der Waals surface area contributed by atoms with E-state index >= 15 is 0 Å². The summed E-state index contributed by atoms with van der Waals surface area (Å²) in [5.41, 5.74) is 6.85. The van der Waals surface area contributed by atoms with Gasteiger partial charge in [-0.15, -0.1) is 0 Å². The minimum atomic E-state index is 0.261. The standard InChI is InChI=1S/C9H15N3/c1-3-12-7-9(6-11-12)5-4-8(2)10/h3,6-8H,1,4-5,10H2,2H3/t8-/m0/s1. The molecule has 1 atom stereocenters. The molecule has 0 unspecified atom stereocenters. The van der Waals surface area contributed by atoms with Crippen LogP contribution in [0.25, 0.3) is 6.20 Å². The van der Waals surface area contributed by atoms with Crippen LogP contribution in [0.2, 0.25) is 0 Å². The molecule has 0 aliphatic carbocycles. The number of rotatable bonds is 4. The lowest BCUT2D eigenvalue weighted by Gasteiger charge is -2.00.